The molecule has 9 nitrogen and oxygen atoms in total. The smallest absolute Gasteiger partial charge is 0.264 e. The van der Waals surface area contributed by atoms with Crippen molar-refractivity contribution in [1.29, 1.82) is 0 Å². The predicted octanol–water partition coefficient (Wildman–Crippen LogP) is 3.76. The number of hydrogen-bond donors (Lipinski definition) is 1. The first-order valence-electron chi connectivity index (χ1n) is 12.6. The number of nitrogens with one attached hydrogen (secondary N) is 1. The van der Waals surface area contributed by atoms with E-state index in [0.29, 0.717) is 18.0 Å². The standard InChI is InChI=1S/C29H35N3O6S/c1-6-30-29(34)22(3)31(19-23-13-11-10-12-21(23)2)28(33)20-32(39(35,36)25-14-8-7-9-15-25)24-16-17-26(37-4)27(18-24)38-5/h7-18,22H,6,19-20H2,1-5H3,(H,30,34). The number of sulfonamides is 1. The molecule has 3 rings (SSSR count). The largest absolute Gasteiger partial charge is 0.493 e. The van der Waals surface area contributed by atoms with Crippen LogP contribution in [0.15, 0.2) is 77.7 Å². The van der Waals surface area contributed by atoms with Gasteiger partial charge in [-0.1, -0.05) is 42.5 Å². The van der Waals surface area contributed by atoms with E-state index in [9.17, 15) is 18.0 Å². The van der Waals surface area contributed by atoms with Crippen LogP contribution < -0.4 is 19.1 Å². The molecular weight excluding hydrogens is 518 g/mol. The van der Waals surface area contributed by atoms with Gasteiger partial charge in [-0.2, -0.15) is 0 Å². The molecule has 0 bridgehead atoms. The van der Waals surface area contributed by atoms with Crippen molar-refractivity contribution in [3.8, 4) is 11.5 Å². The number of amides is 2. The van der Waals surface area contributed by atoms with E-state index in [2.05, 4.69) is 5.32 Å². The Morgan fingerprint density at radius 3 is 2.18 bits per heavy atom. The van der Waals surface area contributed by atoms with Crippen molar-refractivity contribution in [3.63, 3.8) is 0 Å². The van der Waals surface area contributed by atoms with Crippen LogP contribution in [0.25, 0.3) is 0 Å². The van der Waals surface area contributed by atoms with Crippen molar-refractivity contribution in [2.45, 2.75) is 38.3 Å². The molecule has 208 valence electrons. The summed E-state index contributed by atoms with van der Waals surface area (Å²) in [6, 6.07) is 19.2. The van der Waals surface area contributed by atoms with Crippen LogP contribution in [0.4, 0.5) is 5.69 Å². The van der Waals surface area contributed by atoms with Gasteiger partial charge in [0.2, 0.25) is 11.8 Å². The van der Waals surface area contributed by atoms with Gasteiger partial charge < -0.3 is 19.7 Å². The van der Waals surface area contributed by atoms with E-state index >= 15 is 0 Å². The van der Waals surface area contributed by atoms with Gasteiger partial charge >= 0.3 is 0 Å². The van der Waals surface area contributed by atoms with Crippen LogP contribution in [0.3, 0.4) is 0 Å². The van der Waals surface area contributed by atoms with Gasteiger partial charge in [-0.3, -0.25) is 13.9 Å². The molecule has 0 spiro atoms. The van der Waals surface area contributed by atoms with Crippen LogP contribution >= 0.6 is 0 Å². The summed E-state index contributed by atoms with van der Waals surface area (Å²) < 4.78 is 39.5. The number of benzene rings is 3. The highest BCUT2D eigenvalue weighted by Gasteiger charge is 2.33. The number of rotatable bonds is 12. The fourth-order valence-corrected chi connectivity index (χ4v) is 5.53. The fourth-order valence-electron chi connectivity index (χ4n) is 4.10. The van der Waals surface area contributed by atoms with Crippen molar-refractivity contribution in [3.05, 3.63) is 83.9 Å². The highest BCUT2D eigenvalue weighted by atomic mass is 32.2. The zero-order valence-electron chi connectivity index (χ0n) is 22.9. The van der Waals surface area contributed by atoms with Crippen molar-refractivity contribution >= 4 is 27.5 Å². The quantitative estimate of drug-likeness (QED) is 0.366. The fraction of sp³-hybridized carbons (Fsp3) is 0.310. The van der Waals surface area contributed by atoms with Crippen LogP contribution in [0.2, 0.25) is 0 Å². The average molecular weight is 554 g/mol. The zero-order chi connectivity index (χ0) is 28.6. The maximum Gasteiger partial charge on any atom is 0.264 e. The molecule has 0 aliphatic heterocycles. The second kappa shape index (κ2) is 13.1. The second-order valence-corrected chi connectivity index (χ2v) is 10.7. The normalized spacial score (nSPS) is 11.8. The van der Waals surface area contributed by atoms with Crippen LogP contribution in [-0.4, -0.2) is 58.5 Å². The van der Waals surface area contributed by atoms with E-state index in [1.807, 2.05) is 31.2 Å². The van der Waals surface area contributed by atoms with Gasteiger partial charge in [0.1, 0.15) is 12.6 Å². The minimum atomic E-state index is -4.18. The van der Waals surface area contributed by atoms with Crippen LogP contribution in [0, 0.1) is 6.92 Å². The van der Waals surface area contributed by atoms with Crippen LogP contribution in [-0.2, 0) is 26.2 Å². The Bertz CT molecular complexity index is 1400. The number of anilines is 1. The summed E-state index contributed by atoms with van der Waals surface area (Å²) in [4.78, 5) is 28.2. The molecule has 0 aliphatic rings. The Morgan fingerprint density at radius 2 is 1.56 bits per heavy atom. The van der Waals surface area contributed by atoms with E-state index in [0.717, 1.165) is 15.4 Å². The lowest BCUT2D eigenvalue weighted by Crippen LogP contribution is -2.51. The van der Waals surface area contributed by atoms with Gasteiger partial charge in [0, 0.05) is 19.2 Å². The number of hydrogen-bond acceptors (Lipinski definition) is 6. The summed E-state index contributed by atoms with van der Waals surface area (Å²) in [5.41, 5.74) is 2.02. The van der Waals surface area contributed by atoms with Crippen LogP contribution in [0.1, 0.15) is 25.0 Å². The Labute approximate surface area is 230 Å². The van der Waals surface area contributed by atoms with Crippen molar-refractivity contribution in [2.24, 2.45) is 0 Å². The summed E-state index contributed by atoms with van der Waals surface area (Å²) in [5.74, 6) is -0.145. The third kappa shape index (κ3) is 6.88. The average Bonchev–Trinajstić information content (AvgIpc) is 2.95. The van der Waals surface area contributed by atoms with Gasteiger partial charge in [-0.05, 0) is 56.2 Å². The summed E-state index contributed by atoms with van der Waals surface area (Å²) in [5, 5.41) is 2.75. The SMILES string of the molecule is CCNC(=O)C(C)N(Cc1ccccc1C)C(=O)CN(c1ccc(OC)c(OC)c1)S(=O)(=O)c1ccccc1. The minimum Gasteiger partial charge on any atom is -0.493 e. The van der Waals surface area contributed by atoms with Gasteiger partial charge in [-0.15, -0.1) is 0 Å². The molecule has 0 fully saturated rings. The molecule has 2 amide bonds. The molecule has 0 aliphatic carbocycles. The monoisotopic (exact) mass is 553 g/mol. The first-order valence-corrected chi connectivity index (χ1v) is 14.0. The molecule has 3 aromatic carbocycles. The van der Waals surface area contributed by atoms with E-state index in [-0.39, 0.29) is 23.0 Å². The molecule has 0 aromatic heterocycles. The highest BCUT2D eigenvalue weighted by Crippen LogP contribution is 2.34. The van der Waals surface area contributed by atoms with E-state index < -0.39 is 28.5 Å². The van der Waals surface area contributed by atoms with E-state index in [1.54, 1.807) is 44.2 Å². The Hall–Kier alpha value is -4.05. The van der Waals surface area contributed by atoms with Gasteiger partial charge in [0.05, 0.1) is 24.8 Å². The third-order valence-electron chi connectivity index (χ3n) is 6.39. The molecule has 0 radical (unpaired) electrons. The molecule has 39 heavy (non-hydrogen) atoms. The van der Waals surface area contributed by atoms with Crippen molar-refractivity contribution in [2.75, 3.05) is 31.6 Å². The summed E-state index contributed by atoms with van der Waals surface area (Å²) in [6.45, 7) is 5.34. The predicted molar refractivity (Wildman–Crippen MR) is 150 cm³/mol. The molecule has 3 aromatic rings. The number of methoxy groups -OCH3 is 2. The number of carbonyl (C=O) groups is 2. The molecule has 1 atom stereocenters. The summed E-state index contributed by atoms with van der Waals surface area (Å²) in [6.07, 6.45) is 0. The molecule has 0 saturated heterocycles. The van der Waals surface area contributed by atoms with Gasteiger partial charge in [0.15, 0.2) is 11.5 Å². The van der Waals surface area contributed by atoms with Gasteiger partial charge in [0.25, 0.3) is 10.0 Å². The summed E-state index contributed by atoms with van der Waals surface area (Å²) in [7, 11) is -1.25. The second-order valence-electron chi connectivity index (χ2n) is 8.88. The topological polar surface area (TPSA) is 105 Å². The number of likely N-dealkylation sites (N-methyl/N-ethyl adjacent to an activating group) is 1. The number of carbonyl (C=O) groups excluding carboxylic acids is 2. The maximum atomic E-state index is 13.9. The van der Waals surface area contributed by atoms with Crippen molar-refractivity contribution in [1.82, 2.24) is 10.2 Å². The minimum absolute atomic E-state index is 0.0230. The third-order valence-corrected chi connectivity index (χ3v) is 8.17. The highest BCUT2D eigenvalue weighted by molar-refractivity contribution is 7.92. The molecule has 0 heterocycles. The van der Waals surface area contributed by atoms with Crippen LogP contribution in [0.5, 0.6) is 11.5 Å². The molecular formula is C29H35N3O6S. The Balaban J connectivity index is 2.09. The first-order chi connectivity index (χ1) is 18.6. The Morgan fingerprint density at radius 1 is 0.923 bits per heavy atom. The molecule has 0 saturated carbocycles. The molecule has 1 N–H and O–H groups in total. The lowest BCUT2D eigenvalue weighted by Gasteiger charge is -2.32. The molecule has 10 heteroatoms. The summed E-state index contributed by atoms with van der Waals surface area (Å²) >= 11 is 0. The number of nitrogens with zero attached hydrogens (tertiary/aromatic N) is 2. The maximum absolute atomic E-state index is 13.9. The lowest BCUT2D eigenvalue weighted by molar-refractivity contribution is -0.139. The van der Waals surface area contributed by atoms with Gasteiger partial charge in [-0.25, -0.2) is 8.42 Å². The number of aryl methyl sites for hydroxylation is 1. The van der Waals surface area contributed by atoms with E-state index in [1.165, 1.54) is 37.3 Å². The van der Waals surface area contributed by atoms with E-state index in [4.69, 9.17) is 9.47 Å². The number of ether oxygens (including phenoxy) is 2. The van der Waals surface area contributed by atoms with Crippen molar-refractivity contribution < 1.29 is 27.5 Å². The first kappa shape index (κ1) is 29.5. The molecule has 1 unspecified atom stereocenters. The lowest BCUT2D eigenvalue weighted by atomic mass is 10.1. The Kier molecular flexibility index (Phi) is 9.95. The zero-order valence-corrected chi connectivity index (χ0v) is 23.7.